The summed E-state index contributed by atoms with van der Waals surface area (Å²) in [6, 6.07) is 9.94. The lowest BCUT2D eigenvalue weighted by molar-refractivity contribution is -0.136. The molecule has 2 bridgehead atoms. The molecular formula is C24H32O2. The molecule has 2 heteroatoms. The zero-order valence-electron chi connectivity index (χ0n) is 16.6. The maximum atomic E-state index is 12.2. The van der Waals surface area contributed by atoms with E-state index in [0.717, 1.165) is 24.0 Å². The van der Waals surface area contributed by atoms with E-state index in [9.17, 15) is 4.79 Å². The number of fused-ring (bicyclic) bond motifs is 2. The third kappa shape index (κ3) is 3.89. The Morgan fingerprint density at radius 1 is 1.27 bits per heavy atom. The molecule has 3 aliphatic rings. The van der Waals surface area contributed by atoms with Crippen molar-refractivity contribution >= 4 is 5.78 Å². The lowest BCUT2D eigenvalue weighted by atomic mass is 9.46. The summed E-state index contributed by atoms with van der Waals surface area (Å²) >= 11 is 0. The highest BCUT2D eigenvalue weighted by atomic mass is 16.5. The molecule has 26 heavy (non-hydrogen) atoms. The smallest absolute Gasteiger partial charge is 0.139 e. The molecule has 5 atom stereocenters. The van der Waals surface area contributed by atoms with E-state index >= 15 is 0 Å². The number of benzene rings is 1. The first-order valence-corrected chi connectivity index (χ1v) is 10.1. The van der Waals surface area contributed by atoms with Crippen LogP contribution in [0.1, 0.15) is 58.9 Å². The van der Waals surface area contributed by atoms with Crippen LogP contribution in [0.4, 0.5) is 0 Å². The standard InChI is InChI=1S/C24H32O2/c1-5-22(25)17(2)23(14-11-18-9-7-6-8-10-18)26-16-19-12-13-20-15-21(19)24(20,3)4/h6-10,17,19-21,23H,5,12-13,15-16H2,1-4H3/t17?,19-,20+,21+,23?/m1/s1. The fourth-order valence-corrected chi connectivity index (χ4v) is 4.87. The van der Waals surface area contributed by atoms with Crippen LogP contribution in [-0.4, -0.2) is 18.5 Å². The second kappa shape index (κ2) is 7.97. The van der Waals surface area contributed by atoms with Crippen LogP contribution in [0.5, 0.6) is 0 Å². The first kappa shape index (κ1) is 19.2. The first-order chi connectivity index (χ1) is 12.4. The van der Waals surface area contributed by atoms with Gasteiger partial charge in [0.1, 0.15) is 11.9 Å². The Hall–Kier alpha value is -1.59. The normalized spacial score (nSPS) is 28.2. The second-order valence-electron chi connectivity index (χ2n) is 8.70. The van der Waals surface area contributed by atoms with E-state index in [4.69, 9.17) is 4.74 Å². The molecule has 2 nitrogen and oxygen atoms in total. The van der Waals surface area contributed by atoms with Crippen molar-refractivity contribution in [2.45, 2.75) is 59.5 Å². The summed E-state index contributed by atoms with van der Waals surface area (Å²) in [5.74, 6) is 8.77. The number of carbonyl (C=O) groups is 1. The molecule has 140 valence electrons. The number of hydrogen-bond acceptors (Lipinski definition) is 2. The molecule has 4 rings (SSSR count). The Morgan fingerprint density at radius 3 is 2.62 bits per heavy atom. The van der Waals surface area contributed by atoms with Crippen LogP contribution in [0.15, 0.2) is 30.3 Å². The number of ether oxygens (including phenoxy) is 1. The largest absolute Gasteiger partial charge is 0.364 e. The van der Waals surface area contributed by atoms with Crippen molar-refractivity contribution in [3.8, 4) is 11.8 Å². The van der Waals surface area contributed by atoms with Crippen LogP contribution in [0.2, 0.25) is 0 Å². The molecular weight excluding hydrogens is 320 g/mol. The van der Waals surface area contributed by atoms with E-state index in [1.165, 1.54) is 19.3 Å². The molecule has 0 N–H and O–H groups in total. The van der Waals surface area contributed by atoms with Crippen LogP contribution in [0.25, 0.3) is 0 Å². The Morgan fingerprint density at radius 2 is 2.00 bits per heavy atom. The van der Waals surface area contributed by atoms with Gasteiger partial charge in [0.15, 0.2) is 0 Å². The van der Waals surface area contributed by atoms with Crippen molar-refractivity contribution in [2.24, 2.45) is 29.1 Å². The summed E-state index contributed by atoms with van der Waals surface area (Å²) in [6.07, 6.45) is 4.15. The molecule has 3 fully saturated rings. The lowest BCUT2D eigenvalue weighted by Gasteiger charge is -2.60. The Bertz CT molecular complexity index is 677. The van der Waals surface area contributed by atoms with Crippen molar-refractivity contribution in [1.82, 2.24) is 0 Å². The van der Waals surface area contributed by atoms with Crippen molar-refractivity contribution in [2.75, 3.05) is 6.61 Å². The molecule has 1 aromatic carbocycles. The summed E-state index contributed by atoms with van der Waals surface area (Å²) < 4.78 is 6.28. The molecule has 0 aliphatic heterocycles. The van der Waals surface area contributed by atoms with Gasteiger partial charge in [-0.05, 0) is 54.6 Å². The molecule has 2 unspecified atom stereocenters. The van der Waals surface area contributed by atoms with Gasteiger partial charge in [-0.1, -0.05) is 57.7 Å². The van der Waals surface area contributed by atoms with E-state index < -0.39 is 0 Å². The number of carbonyl (C=O) groups excluding carboxylic acids is 1. The number of ketones is 1. The SMILES string of the molecule is CCC(=O)C(C)C(C#Cc1ccccc1)OC[C@H]1CC[C@H]2C[C@@H]1C2(C)C. The van der Waals surface area contributed by atoms with E-state index in [1.807, 2.05) is 44.2 Å². The van der Waals surface area contributed by atoms with E-state index in [0.29, 0.717) is 17.8 Å². The number of rotatable bonds is 6. The Labute approximate surface area is 158 Å². The van der Waals surface area contributed by atoms with E-state index in [1.54, 1.807) is 0 Å². The highest BCUT2D eigenvalue weighted by molar-refractivity contribution is 5.81. The maximum absolute atomic E-state index is 12.2. The summed E-state index contributed by atoms with van der Waals surface area (Å²) in [5.41, 5.74) is 1.43. The highest BCUT2D eigenvalue weighted by Gasteiger charge is 2.54. The molecule has 0 aromatic heterocycles. The molecule has 1 aromatic rings. The van der Waals surface area contributed by atoms with E-state index in [2.05, 4.69) is 25.7 Å². The van der Waals surface area contributed by atoms with Gasteiger partial charge >= 0.3 is 0 Å². The van der Waals surface area contributed by atoms with Crippen LogP contribution < -0.4 is 0 Å². The molecule has 3 aliphatic carbocycles. The minimum Gasteiger partial charge on any atom is -0.364 e. The lowest BCUT2D eigenvalue weighted by Crippen LogP contribution is -2.53. The monoisotopic (exact) mass is 352 g/mol. The van der Waals surface area contributed by atoms with E-state index in [-0.39, 0.29) is 17.8 Å². The summed E-state index contributed by atoms with van der Waals surface area (Å²) in [5, 5.41) is 0. The van der Waals surface area contributed by atoms with Gasteiger partial charge in [-0.25, -0.2) is 0 Å². The molecule has 0 radical (unpaired) electrons. The second-order valence-corrected chi connectivity index (χ2v) is 8.70. The van der Waals surface area contributed by atoms with Crippen LogP contribution in [0.3, 0.4) is 0 Å². The molecule has 0 heterocycles. The van der Waals surface area contributed by atoms with Crippen LogP contribution >= 0.6 is 0 Å². The van der Waals surface area contributed by atoms with Crippen molar-refractivity contribution in [3.05, 3.63) is 35.9 Å². The van der Waals surface area contributed by atoms with Gasteiger partial charge in [-0.2, -0.15) is 0 Å². The average molecular weight is 353 g/mol. The topological polar surface area (TPSA) is 26.3 Å². The van der Waals surface area contributed by atoms with Gasteiger partial charge < -0.3 is 4.74 Å². The maximum Gasteiger partial charge on any atom is 0.139 e. The van der Waals surface area contributed by atoms with Crippen molar-refractivity contribution in [3.63, 3.8) is 0 Å². The van der Waals surface area contributed by atoms with Crippen LogP contribution in [0, 0.1) is 40.9 Å². The molecule has 3 saturated carbocycles. The third-order valence-corrected chi connectivity index (χ3v) is 6.93. The average Bonchev–Trinajstić information content (AvgIpc) is 2.67. The summed E-state index contributed by atoms with van der Waals surface area (Å²) in [6.45, 7) is 9.43. The number of hydrogen-bond donors (Lipinski definition) is 0. The highest BCUT2D eigenvalue weighted by Crippen LogP contribution is 2.61. The van der Waals surface area contributed by atoms with Gasteiger partial charge in [0, 0.05) is 12.0 Å². The minimum atomic E-state index is -0.316. The fraction of sp³-hybridized carbons (Fsp3) is 0.625. The van der Waals surface area contributed by atoms with Crippen LogP contribution in [-0.2, 0) is 9.53 Å². The Kier molecular flexibility index (Phi) is 5.88. The first-order valence-electron chi connectivity index (χ1n) is 10.1. The molecule has 0 spiro atoms. The van der Waals surface area contributed by atoms with Gasteiger partial charge in [0.2, 0.25) is 0 Å². The summed E-state index contributed by atoms with van der Waals surface area (Å²) in [4.78, 5) is 12.2. The fourth-order valence-electron chi connectivity index (χ4n) is 4.87. The minimum absolute atomic E-state index is 0.179. The predicted molar refractivity (Wildman–Crippen MR) is 106 cm³/mol. The summed E-state index contributed by atoms with van der Waals surface area (Å²) in [7, 11) is 0. The number of Topliss-reactive ketones (excluding diaryl/α,β-unsaturated/α-hetero) is 1. The zero-order chi connectivity index (χ0) is 18.7. The van der Waals surface area contributed by atoms with Gasteiger partial charge in [-0.15, -0.1) is 0 Å². The van der Waals surface area contributed by atoms with Crippen molar-refractivity contribution in [1.29, 1.82) is 0 Å². The third-order valence-electron chi connectivity index (χ3n) is 6.93. The van der Waals surface area contributed by atoms with Gasteiger partial charge in [0.05, 0.1) is 12.5 Å². The van der Waals surface area contributed by atoms with Gasteiger partial charge in [0.25, 0.3) is 0 Å². The van der Waals surface area contributed by atoms with Gasteiger partial charge in [-0.3, -0.25) is 4.79 Å². The van der Waals surface area contributed by atoms with Crippen molar-refractivity contribution < 1.29 is 9.53 Å². The quantitative estimate of drug-likeness (QED) is 0.665. The zero-order valence-corrected chi connectivity index (χ0v) is 16.6. The molecule has 0 amide bonds. The predicted octanol–water partition coefficient (Wildman–Crippen LogP) is 5.11. The Balaban J connectivity index is 1.68. The molecule has 0 saturated heterocycles.